The van der Waals surface area contributed by atoms with Gasteiger partial charge in [-0.1, -0.05) is 18.2 Å². The van der Waals surface area contributed by atoms with Gasteiger partial charge >= 0.3 is 5.97 Å². The first-order valence-corrected chi connectivity index (χ1v) is 11.4. The Labute approximate surface area is 205 Å². The number of hydrogen-bond acceptors (Lipinski definition) is 7. The summed E-state index contributed by atoms with van der Waals surface area (Å²) in [5.41, 5.74) is 3.13. The highest BCUT2D eigenvalue weighted by molar-refractivity contribution is 6.01. The topological polar surface area (TPSA) is 143 Å². The fraction of sp³-hybridized carbons (Fsp3) is 0.269. The number of H-pyrrole nitrogens is 2. The first-order valence-electron chi connectivity index (χ1n) is 11.4. The second-order valence-electron chi connectivity index (χ2n) is 8.71. The van der Waals surface area contributed by atoms with Crippen molar-refractivity contribution in [3.05, 3.63) is 80.8 Å². The average Bonchev–Trinajstić information content (AvgIpc) is 3.26. The summed E-state index contributed by atoms with van der Waals surface area (Å²) in [6.07, 6.45) is 0.851. The minimum Gasteiger partial charge on any atom is -0.493 e. The van der Waals surface area contributed by atoms with Gasteiger partial charge in [-0.05, 0) is 47.7 Å². The number of allylic oxidation sites excluding steroid dienone is 2. The quantitative estimate of drug-likeness (QED) is 0.395. The van der Waals surface area contributed by atoms with Gasteiger partial charge in [0.1, 0.15) is 11.6 Å². The number of carbonyl (C=O) groups is 2. The van der Waals surface area contributed by atoms with Crippen molar-refractivity contribution in [1.29, 1.82) is 0 Å². The summed E-state index contributed by atoms with van der Waals surface area (Å²) in [5.74, 6) is 0.343. The number of ketones is 1. The summed E-state index contributed by atoms with van der Waals surface area (Å²) in [6, 6.07) is 12.4. The van der Waals surface area contributed by atoms with E-state index >= 15 is 0 Å². The number of Topliss-reactive ketones (excluding diaryl/α,β-unsaturated/α-hetero) is 1. The van der Waals surface area contributed by atoms with Crippen molar-refractivity contribution in [3.8, 4) is 17.2 Å². The highest BCUT2D eigenvalue weighted by Gasteiger charge is 2.40. The number of carboxylic acids is 1. The number of methoxy groups -OCH3 is 2. The van der Waals surface area contributed by atoms with Crippen LogP contribution >= 0.6 is 0 Å². The molecule has 0 fully saturated rings. The summed E-state index contributed by atoms with van der Waals surface area (Å²) in [4.78, 5) is 37.1. The highest BCUT2D eigenvalue weighted by Crippen LogP contribution is 2.47. The molecular weight excluding hydrogens is 466 g/mol. The summed E-state index contributed by atoms with van der Waals surface area (Å²) < 4.78 is 16.0. The average molecular weight is 492 g/mol. The minimum atomic E-state index is -1.08. The Kier molecular flexibility index (Phi) is 6.01. The van der Waals surface area contributed by atoms with Crippen LogP contribution < -0.4 is 25.1 Å². The van der Waals surface area contributed by atoms with E-state index in [1.54, 1.807) is 38.5 Å². The number of fused-ring (bicyclic) bond motifs is 1. The predicted molar refractivity (Wildman–Crippen MR) is 130 cm³/mol. The van der Waals surface area contributed by atoms with E-state index in [0.717, 1.165) is 16.8 Å². The normalized spacial score (nSPS) is 18.7. The maximum Gasteiger partial charge on any atom is 0.341 e. The molecule has 1 aliphatic heterocycles. The fourth-order valence-electron chi connectivity index (χ4n) is 5.00. The van der Waals surface area contributed by atoms with Crippen LogP contribution in [0.4, 0.5) is 5.82 Å². The molecule has 0 radical (unpaired) electrons. The molecule has 1 aliphatic carbocycles. The van der Waals surface area contributed by atoms with Gasteiger partial charge in [-0.25, -0.2) is 4.79 Å². The lowest BCUT2D eigenvalue weighted by atomic mass is 9.73. The number of ether oxygens (including phenoxy) is 3. The van der Waals surface area contributed by atoms with Gasteiger partial charge in [-0.3, -0.25) is 19.8 Å². The number of aromatic nitrogens is 2. The van der Waals surface area contributed by atoms with Crippen LogP contribution in [0.1, 0.15) is 41.4 Å². The second-order valence-corrected chi connectivity index (χ2v) is 8.71. The first-order chi connectivity index (χ1) is 17.4. The molecular formula is C26H25N3O7. The number of benzene rings is 2. The van der Waals surface area contributed by atoms with Crippen LogP contribution in [0, 0.1) is 0 Å². The van der Waals surface area contributed by atoms with Crippen LogP contribution in [-0.2, 0) is 9.59 Å². The third-order valence-corrected chi connectivity index (χ3v) is 6.63. The van der Waals surface area contributed by atoms with Crippen molar-refractivity contribution < 1.29 is 28.9 Å². The van der Waals surface area contributed by atoms with Crippen molar-refractivity contribution in [2.75, 3.05) is 26.1 Å². The third-order valence-electron chi connectivity index (χ3n) is 6.63. The number of carbonyl (C=O) groups excluding carboxylic acids is 1. The standard InChI is InChI=1S/C26H25N3O7/c1-34-19-8-5-14(11-20(19)35-2)15-9-17-23(18(30)10-15)22(24-25(27-17)28-29-26(24)33)13-3-6-16(7-4-13)36-12-21(31)32/h3-8,11,15,22H,9-10,12H2,1-2H3,(H,31,32)(H3,27,28,29,33). The Morgan fingerprint density at radius 3 is 2.39 bits per heavy atom. The Balaban J connectivity index is 1.52. The van der Waals surface area contributed by atoms with E-state index in [1.807, 2.05) is 18.2 Å². The van der Waals surface area contributed by atoms with Crippen LogP contribution in [0.25, 0.3) is 0 Å². The Morgan fingerprint density at radius 1 is 0.972 bits per heavy atom. The van der Waals surface area contributed by atoms with Crippen molar-refractivity contribution in [2.45, 2.75) is 24.7 Å². The van der Waals surface area contributed by atoms with E-state index < -0.39 is 18.5 Å². The lowest BCUT2D eigenvalue weighted by Crippen LogP contribution is -2.31. The van der Waals surface area contributed by atoms with E-state index in [-0.39, 0.29) is 23.7 Å². The van der Waals surface area contributed by atoms with Gasteiger partial charge < -0.3 is 24.6 Å². The Morgan fingerprint density at radius 2 is 1.69 bits per heavy atom. The molecule has 0 amide bonds. The molecule has 10 nitrogen and oxygen atoms in total. The lowest BCUT2D eigenvalue weighted by Gasteiger charge is -2.34. The first kappa shape index (κ1) is 23.3. The second kappa shape index (κ2) is 9.29. The van der Waals surface area contributed by atoms with Crippen LogP contribution in [-0.4, -0.2) is 47.9 Å². The molecule has 4 N–H and O–H groups in total. The zero-order valence-electron chi connectivity index (χ0n) is 19.7. The molecule has 1 aromatic heterocycles. The van der Waals surface area contributed by atoms with Gasteiger partial charge in [-0.2, -0.15) is 0 Å². The van der Waals surface area contributed by atoms with E-state index in [1.165, 1.54) is 0 Å². The number of nitrogens with one attached hydrogen (secondary N) is 3. The van der Waals surface area contributed by atoms with Gasteiger partial charge in [0.25, 0.3) is 5.56 Å². The van der Waals surface area contributed by atoms with Crippen molar-refractivity contribution in [2.24, 2.45) is 0 Å². The maximum absolute atomic E-state index is 13.6. The van der Waals surface area contributed by atoms with Crippen LogP contribution in [0.5, 0.6) is 17.2 Å². The fourth-order valence-corrected chi connectivity index (χ4v) is 5.00. The van der Waals surface area contributed by atoms with Gasteiger partial charge in [0.05, 0.1) is 19.8 Å². The summed E-state index contributed by atoms with van der Waals surface area (Å²) in [5, 5.41) is 17.6. The number of hydrogen-bond donors (Lipinski definition) is 4. The zero-order chi connectivity index (χ0) is 25.4. The van der Waals surface area contributed by atoms with Crippen molar-refractivity contribution in [1.82, 2.24) is 10.2 Å². The smallest absolute Gasteiger partial charge is 0.341 e. The molecule has 2 atom stereocenters. The number of anilines is 1. The van der Waals surface area contributed by atoms with Gasteiger partial charge in [0.15, 0.2) is 23.9 Å². The summed E-state index contributed by atoms with van der Waals surface area (Å²) in [7, 11) is 3.15. The minimum absolute atomic E-state index is 0.0500. The largest absolute Gasteiger partial charge is 0.493 e. The van der Waals surface area contributed by atoms with Gasteiger partial charge in [-0.15, -0.1) is 0 Å². The molecule has 0 bridgehead atoms. The molecule has 186 valence electrons. The maximum atomic E-state index is 13.6. The molecule has 0 saturated heterocycles. The predicted octanol–water partition coefficient (Wildman–Crippen LogP) is 3.14. The Hall–Kier alpha value is -4.47. The van der Waals surface area contributed by atoms with E-state index in [2.05, 4.69) is 15.5 Å². The molecule has 10 heteroatoms. The molecule has 5 rings (SSSR count). The van der Waals surface area contributed by atoms with Crippen molar-refractivity contribution >= 4 is 17.6 Å². The monoisotopic (exact) mass is 491 g/mol. The molecule has 0 saturated carbocycles. The Bertz CT molecular complexity index is 1420. The zero-order valence-corrected chi connectivity index (χ0v) is 19.7. The number of carboxylic acid groups (broad SMARTS) is 1. The van der Waals surface area contributed by atoms with Crippen LogP contribution in [0.15, 0.2) is 58.5 Å². The summed E-state index contributed by atoms with van der Waals surface area (Å²) >= 11 is 0. The van der Waals surface area contributed by atoms with Gasteiger partial charge in [0, 0.05) is 23.6 Å². The van der Waals surface area contributed by atoms with E-state index in [9.17, 15) is 14.4 Å². The van der Waals surface area contributed by atoms with Crippen molar-refractivity contribution in [3.63, 3.8) is 0 Å². The summed E-state index contributed by atoms with van der Waals surface area (Å²) in [6.45, 7) is -0.459. The SMILES string of the molecule is COc1ccc(C2CC(=O)C3=C(C2)Nc2[nH][nH]c(=O)c2C3c2ccc(OCC(=O)O)cc2)cc1OC. The van der Waals surface area contributed by atoms with Crippen LogP contribution in [0.3, 0.4) is 0 Å². The highest BCUT2D eigenvalue weighted by atomic mass is 16.5. The van der Waals surface area contributed by atoms with E-state index in [4.69, 9.17) is 19.3 Å². The van der Waals surface area contributed by atoms with E-state index in [0.29, 0.717) is 40.6 Å². The number of rotatable bonds is 7. The molecule has 3 aromatic rings. The molecule has 2 aromatic carbocycles. The van der Waals surface area contributed by atoms with Crippen LogP contribution in [0.2, 0.25) is 0 Å². The molecule has 0 spiro atoms. The number of aliphatic carboxylic acids is 1. The lowest BCUT2D eigenvalue weighted by molar-refractivity contribution is -0.139. The number of aromatic amines is 2. The van der Waals surface area contributed by atoms with Gasteiger partial charge in [0.2, 0.25) is 0 Å². The molecule has 2 heterocycles. The molecule has 2 aliphatic rings. The molecule has 2 unspecified atom stereocenters. The molecule has 36 heavy (non-hydrogen) atoms. The third kappa shape index (κ3) is 4.10.